The normalized spacial score (nSPS) is 12.6. The third kappa shape index (κ3) is 3.65. The molecular weight excluding hydrogens is 324 g/mol. The largest absolute Gasteiger partial charge is 0.424 e. The fraction of sp³-hybridized carbons (Fsp3) is 0.294. The van der Waals surface area contributed by atoms with Crippen LogP contribution in [0.15, 0.2) is 39.8 Å². The standard InChI is InChI=1S/C17H20N4O4/c1-21(2)7-6-10-9-19-11-4-3-5-12(15(10)11)24-17(23)16(18)13-8-14(22)20-25-13/h3-5,8-9,16,19H,6-7,18H2,1-2H3,(H,20,22). The van der Waals surface area contributed by atoms with E-state index in [1.54, 1.807) is 12.1 Å². The van der Waals surface area contributed by atoms with E-state index in [0.717, 1.165) is 35.5 Å². The summed E-state index contributed by atoms with van der Waals surface area (Å²) in [5.74, 6) is -0.245. The number of esters is 1. The summed E-state index contributed by atoms with van der Waals surface area (Å²) >= 11 is 0. The van der Waals surface area contributed by atoms with Crippen LogP contribution in [0.1, 0.15) is 17.4 Å². The highest BCUT2D eigenvalue weighted by Crippen LogP contribution is 2.30. The minimum absolute atomic E-state index is 0.0316. The number of nitrogens with one attached hydrogen (secondary N) is 2. The first kappa shape index (κ1) is 17.0. The van der Waals surface area contributed by atoms with Gasteiger partial charge < -0.3 is 24.9 Å². The third-order valence-corrected chi connectivity index (χ3v) is 3.89. The first-order valence-corrected chi connectivity index (χ1v) is 7.85. The van der Waals surface area contributed by atoms with Crippen LogP contribution in [-0.2, 0) is 11.2 Å². The van der Waals surface area contributed by atoms with E-state index in [1.165, 1.54) is 0 Å². The lowest BCUT2D eigenvalue weighted by atomic mass is 10.1. The molecule has 4 N–H and O–H groups in total. The number of hydrogen-bond acceptors (Lipinski definition) is 6. The van der Waals surface area contributed by atoms with E-state index in [9.17, 15) is 9.59 Å². The summed E-state index contributed by atoms with van der Waals surface area (Å²) < 4.78 is 10.4. The second-order valence-electron chi connectivity index (χ2n) is 6.06. The smallest absolute Gasteiger partial charge is 0.336 e. The number of carbonyl (C=O) groups excluding carboxylic acids is 1. The van der Waals surface area contributed by atoms with Crippen LogP contribution in [0.4, 0.5) is 0 Å². The Labute approximate surface area is 143 Å². The number of likely N-dealkylation sites (N-methyl/N-ethyl adjacent to an activating group) is 1. The second kappa shape index (κ2) is 6.96. The van der Waals surface area contributed by atoms with E-state index >= 15 is 0 Å². The van der Waals surface area contributed by atoms with E-state index in [4.69, 9.17) is 15.0 Å². The minimum Gasteiger partial charge on any atom is -0.424 e. The topological polar surface area (TPSA) is 117 Å². The van der Waals surface area contributed by atoms with Crippen molar-refractivity contribution in [3.63, 3.8) is 0 Å². The number of aromatic nitrogens is 2. The molecule has 1 atom stereocenters. The van der Waals surface area contributed by atoms with Gasteiger partial charge in [-0.25, -0.2) is 4.79 Å². The van der Waals surface area contributed by atoms with Crippen LogP contribution in [0.25, 0.3) is 10.9 Å². The Morgan fingerprint density at radius 3 is 2.88 bits per heavy atom. The molecule has 0 amide bonds. The molecule has 3 aromatic rings. The van der Waals surface area contributed by atoms with Crippen molar-refractivity contribution < 1.29 is 14.1 Å². The summed E-state index contributed by atoms with van der Waals surface area (Å²) in [4.78, 5) is 28.7. The van der Waals surface area contributed by atoms with Crippen molar-refractivity contribution in [1.82, 2.24) is 15.0 Å². The zero-order chi connectivity index (χ0) is 18.0. The Morgan fingerprint density at radius 1 is 1.40 bits per heavy atom. The Kier molecular flexibility index (Phi) is 4.73. The predicted molar refractivity (Wildman–Crippen MR) is 92.4 cm³/mol. The highest BCUT2D eigenvalue weighted by molar-refractivity contribution is 5.92. The molecular formula is C17H20N4O4. The molecule has 0 aliphatic rings. The van der Waals surface area contributed by atoms with Crippen LogP contribution in [0.2, 0.25) is 0 Å². The molecule has 0 aliphatic heterocycles. The number of carbonyl (C=O) groups is 1. The molecule has 8 heteroatoms. The zero-order valence-electron chi connectivity index (χ0n) is 14.0. The fourth-order valence-corrected chi connectivity index (χ4v) is 2.58. The van der Waals surface area contributed by atoms with Crippen LogP contribution < -0.4 is 16.0 Å². The summed E-state index contributed by atoms with van der Waals surface area (Å²) in [5, 5.41) is 2.95. The minimum atomic E-state index is -1.18. The van der Waals surface area contributed by atoms with Crippen molar-refractivity contribution in [2.45, 2.75) is 12.5 Å². The summed E-state index contributed by atoms with van der Waals surface area (Å²) in [7, 11) is 4.00. The molecule has 25 heavy (non-hydrogen) atoms. The summed E-state index contributed by atoms with van der Waals surface area (Å²) in [5.41, 5.74) is 7.28. The molecule has 1 unspecified atom stereocenters. The van der Waals surface area contributed by atoms with E-state index in [2.05, 4.69) is 15.0 Å². The average molecular weight is 344 g/mol. The third-order valence-electron chi connectivity index (χ3n) is 3.89. The van der Waals surface area contributed by atoms with Gasteiger partial charge in [0.2, 0.25) is 0 Å². The van der Waals surface area contributed by atoms with Crippen LogP contribution in [0.5, 0.6) is 5.75 Å². The Morgan fingerprint density at radius 2 is 2.20 bits per heavy atom. The van der Waals surface area contributed by atoms with Gasteiger partial charge in [-0.3, -0.25) is 4.79 Å². The molecule has 0 saturated carbocycles. The predicted octanol–water partition coefficient (Wildman–Crippen LogP) is 1.16. The van der Waals surface area contributed by atoms with Gasteiger partial charge in [-0.2, -0.15) is 5.16 Å². The van der Waals surface area contributed by atoms with Gasteiger partial charge in [0.15, 0.2) is 11.8 Å². The lowest BCUT2D eigenvalue weighted by Crippen LogP contribution is -2.25. The van der Waals surface area contributed by atoms with E-state index in [1.807, 2.05) is 26.4 Å². The van der Waals surface area contributed by atoms with Gasteiger partial charge in [0, 0.05) is 29.7 Å². The molecule has 2 aromatic heterocycles. The van der Waals surface area contributed by atoms with E-state index in [0.29, 0.717) is 5.75 Å². The molecule has 1 aromatic carbocycles. The lowest BCUT2D eigenvalue weighted by Gasteiger charge is -2.12. The maximum atomic E-state index is 12.3. The summed E-state index contributed by atoms with van der Waals surface area (Å²) in [6.07, 6.45) is 2.72. The first-order valence-electron chi connectivity index (χ1n) is 7.85. The highest BCUT2D eigenvalue weighted by Gasteiger charge is 2.23. The van der Waals surface area contributed by atoms with Crippen LogP contribution in [-0.4, -0.2) is 41.6 Å². The maximum Gasteiger partial charge on any atom is 0.336 e. The van der Waals surface area contributed by atoms with E-state index in [-0.39, 0.29) is 5.76 Å². The quantitative estimate of drug-likeness (QED) is 0.456. The molecule has 0 fully saturated rings. The number of aromatic amines is 2. The Hall–Kier alpha value is -2.84. The average Bonchev–Trinajstić information content (AvgIpc) is 3.19. The number of fused-ring (bicyclic) bond motifs is 1. The number of H-pyrrole nitrogens is 2. The Balaban J connectivity index is 1.86. The van der Waals surface area contributed by atoms with Gasteiger partial charge in [0.1, 0.15) is 5.75 Å². The van der Waals surface area contributed by atoms with Gasteiger partial charge >= 0.3 is 5.97 Å². The van der Waals surface area contributed by atoms with Crippen molar-refractivity contribution in [2.75, 3.05) is 20.6 Å². The SMILES string of the molecule is CN(C)CCc1c[nH]c2cccc(OC(=O)C(N)c3cc(=O)[nH]o3)c12. The number of hydrogen-bond donors (Lipinski definition) is 3. The first-order chi connectivity index (χ1) is 12.0. The van der Waals surface area contributed by atoms with Crippen molar-refractivity contribution in [3.05, 3.63) is 52.1 Å². The van der Waals surface area contributed by atoms with Gasteiger partial charge in [-0.1, -0.05) is 6.07 Å². The zero-order valence-corrected chi connectivity index (χ0v) is 14.0. The van der Waals surface area contributed by atoms with Crippen molar-refractivity contribution >= 4 is 16.9 Å². The number of nitrogens with two attached hydrogens (primary N) is 1. The number of nitrogens with zero attached hydrogens (tertiary/aromatic N) is 1. The van der Waals surface area contributed by atoms with Crippen LogP contribution in [0, 0.1) is 0 Å². The molecule has 0 radical (unpaired) electrons. The van der Waals surface area contributed by atoms with E-state index < -0.39 is 17.6 Å². The molecule has 0 aliphatic carbocycles. The molecule has 2 heterocycles. The second-order valence-corrected chi connectivity index (χ2v) is 6.06. The number of ether oxygens (including phenoxy) is 1. The summed E-state index contributed by atoms with van der Waals surface area (Å²) in [6, 6.07) is 5.37. The van der Waals surface area contributed by atoms with Crippen molar-refractivity contribution in [2.24, 2.45) is 5.73 Å². The van der Waals surface area contributed by atoms with Gasteiger partial charge in [-0.15, -0.1) is 0 Å². The van der Waals surface area contributed by atoms with Gasteiger partial charge in [0.05, 0.1) is 0 Å². The molecule has 0 saturated heterocycles. The number of benzene rings is 1. The highest BCUT2D eigenvalue weighted by atomic mass is 16.5. The van der Waals surface area contributed by atoms with Crippen molar-refractivity contribution in [1.29, 1.82) is 0 Å². The lowest BCUT2D eigenvalue weighted by molar-refractivity contribution is -0.136. The molecule has 3 rings (SSSR count). The summed E-state index contributed by atoms with van der Waals surface area (Å²) in [6.45, 7) is 0.864. The molecule has 0 bridgehead atoms. The molecule has 8 nitrogen and oxygen atoms in total. The molecule has 132 valence electrons. The van der Waals surface area contributed by atoms with Gasteiger partial charge in [-0.05, 0) is 38.2 Å². The van der Waals surface area contributed by atoms with Gasteiger partial charge in [0.25, 0.3) is 5.56 Å². The monoisotopic (exact) mass is 344 g/mol. The van der Waals surface area contributed by atoms with Crippen LogP contribution in [0.3, 0.4) is 0 Å². The molecule has 0 spiro atoms. The maximum absolute atomic E-state index is 12.3. The van der Waals surface area contributed by atoms with Crippen molar-refractivity contribution in [3.8, 4) is 5.75 Å². The number of rotatable bonds is 6. The fourth-order valence-electron chi connectivity index (χ4n) is 2.58. The van der Waals surface area contributed by atoms with Crippen LogP contribution >= 0.6 is 0 Å². The Bertz CT molecular complexity index is 937.